The van der Waals surface area contributed by atoms with Gasteiger partial charge in [0, 0.05) is 60.6 Å². The largest absolute Gasteiger partial charge is 0.394 e. The Morgan fingerprint density at radius 3 is 2.40 bits per heavy atom. The first-order valence-electron chi connectivity index (χ1n) is 10.4. The van der Waals surface area contributed by atoms with Crippen molar-refractivity contribution < 1.29 is 9.63 Å². The molecule has 1 spiro atoms. The number of fused-ring (bicyclic) bond motifs is 2. The van der Waals surface area contributed by atoms with Crippen LogP contribution in [0.15, 0.2) is 59.4 Å². The minimum atomic E-state index is -0.126. The molecule has 3 N–H and O–H groups in total. The van der Waals surface area contributed by atoms with Crippen LogP contribution in [0.5, 0.6) is 0 Å². The number of oxime groups is 1. The number of hydrogen-bond donors (Lipinski definition) is 3. The Kier molecular flexibility index (Phi) is 3.94. The normalized spacial score (nSPS) is 24.7. The average molecular weight is 401 g/mol. The number of nitrogens with zero attached hydrogens (tertiary/aromatic N) is 2. The summed E-state index contributed by atoms with van der Waals surface area (Å²) < 4.78 is 0. The summed E-state index contributed by atoms with van der Waals surface area (Å²) in [5, 5.41) is 14.2. The van der Waals surface area contributed by atoms with Crippen molar-refractivity contribution in [2.45, 2.75) is 0 Å². The van der Waals surface area contributed by atoms with Crippen LogP contribution in [0.1, 0.15) is 11.1 Å². The number of allylic oxidation sites excluding steroid dienone is 1. The van der Waals surface area contributed by atoms with E-state index in [2.05, 4.69) is 26.0 Å². The van der Waals surface area contributed by atoms with Gasteiger partial charge in [-0.1, -0.05) is 41.6 Å². The van der Waals surface area contributed by atoms with Crippen LogP contribution >= 0.6 is 0 Å². The van der Waals surface area contributed by atoms with Crippen molar-refractivity contribution >= 4 is 28.6 Å². The van der Waals surface area contributed by atoms with E-state index in [1.165, 1.54) is 0 Å². The molecule has 1 amide bonds. The molecule has 0 aromatic heterocycles. The van der Waals surface area contributed by atoms with E-state index in [1.807, 2.05) is 48.5 Å². The first-order valence-corrected chi connectivity index (χ1v) is 10.4. The molecule has 152 valence electrons. The van der Waals surface area contributed by atoms with Crippen LogP contribution in [-0.4, -0.2) is 55.8 Å². The van der Waals surface area contributed by atoms with Crippen molar-refractivity contribution in [3.8, 4) is 0 Å². The molecular formula is C23H23N5O2. The SMILES string of the molecule is O=C1Nc2ccccc2/C1=C1/Nc2ccccc2/C1=N\OCCN1CC2(CNC2)C1. The summed E-state index contributed by atoms with van der Waals surface area (Å²) in [6, 6.07) is 15.6. The lowest BCUT2D eigenvalue weighted by atomic mass is 9.74. The number of carbonyl (C=O) groups is 1. The highest BCUT2D eigenvalue weighted by Crippen LogP contribution is 2.39. The van der Waals surface area contributed by atoms with E-state index in [0.717, 1.165) is 55.2 Å². The Morgan fingerprint density at radius 2 is 1.67 bits per heavy atom. The van der Waals surface area contributed by atoms with Gasteiger partial charge >= 0.3 is 0 Å². The van der Waals surface area contributed by atoms with E-state index >= 15 is 0 Å². The lowest BCUT2D eigenvalue weighted by molar-refractivity contribution is -0.110. The zero-order valence-electron chi connectivity index (χ0n) is 16.6. The highest BCUT2D eigenvalue weighted by Gasteiger charge is 2.47. The standard InChI is InChI=1S/C23H23N5O2/c29-22-19(15-5-1-3-7-17(15)26-22)21-20(16-6-2-4-8-18(16)25-21)27-30-10-9-28-13-23(14-28)11-24-12-23/h1-8,24-25H,9-14H2,(H,26,29)/b21-19-,27-20+. The predicted molar refractivity (Wildman–Crippen MR) is 116 cm³/mol. The highest BCUT2D eigenvalue weighted by molar-refractivity contribution is 6.39. The summed E-state index contributed by atoms with van der Waals surface area (Å²) >= 11 is 0. The third-order valence-electron chi connectivity index (χ3n) is 6.37. The number of hydrogen-bond acceptors (Lipinski definition) is 6. The third-order valence-corrected chi connectivity index (χ3v) is 6.37. The van der Waals surface area contributed by atoms with Gasteiger partial charge in [0.05, 0.1) is 11.3 Å². The van der Waals surface area contributed by atoms with Crippen molar-refractivity contribution in [1.29, 1.82) is 0 Å². The van der Waals surface area contributed by atoms with Gasteiger partial charge in [-0.3, -0.25) is 9.69 Å². The van der Waals surface area contributed by atoms with Crippen LogP contribution in [0.25, 0.3) is 5.57 Å². The number of anilines is 2. The summed E-state index contributed by atoms with van der Waals surface area (Å²) in [5.41, 5.74) is 6.07. The summed E-state index contributed by atoms with van der Waals surface area (Å²) in [6.07, 6.45) is 0. The molecule has 4 heterocycles. The molecule has 0 radical (unpaired) electrons. The zero-order chi connectivity index (χ0) is 20.1. The molecule has 4 aliphatic heterocycles. The molecule has 2 aromatic rings. The molecule has 0 aliphatic carbocycles. The maximum absolute atomic E-state index is 12.8. The first kappa shape index (κ1) is 17.7. The molecule has 6 rings (SSSR count). The van der Waals surface area contributed by atoms with Crippen molar-refractivity contribution in [2.75, 3.05) is 50.0 Å². The number of carbonyl (C=O) groups excluding carboxylic acids is 1. The fraction of sp³-hybridized carbons (Fsp3) is 0.304. The van der Waals surface area contributed by atoms with Crippen LogP contribution in [0.4, 0.5) is 11.4 Å². The summed E-state index contributed by atoms with van der Waals surface area (Å²) in [7, 11) is 0. The van der Waals surface area contributed by atoms with Gasteiger partial charge < -0.3 is 20.8 Å². The Morgan fingerprint density at radius 1 is 0.967 bits per heavy atom. The molecule has 0 unspecified atom stereocenters. The van der Waals surface area contributed by atoms with Gasteiger partial charge in [-0.15, -0.1) is 0 Å². The topological polar surface area (TPSA) is 78.0 Å². The smallest absolute Gasteiger partial charge is 0.258 e. The number of benzene rings is 2. The third kappa shape index (κ3) is 2.74. The number of likely N-dealkylation sites (tertiary alicyclic amines) is 1. The van der Waals surface area contributed by atoms with E-state index in [1.54, 1.807) is 0 Å². The van der Waals surface area contributed by atoms with Crippen LogP contribution in [0, 0.1) is 5.41 Å². The molecule has 0 bridgehead atoms. The summed E-state index contributed by atoms with van der Waals surface area (Å²) in [5.74, 6) is -0.126. The van der Waals surface area contributed by atoms with Gasteiger partial charge in [-0.2, -0.15) is 0 Å². The molecule has 0 saturated carbocycles. The lowest BCUT2D eigenvalue weighted by Crippen LogP contribution is -2.71. The summed E-state index contributed by atoms with van der Waals surface area (Å²) in [4.78, 5) is 20.9. The number of nitrogens with one attached hydrogen (secondary N) is 3. The number of para-hydroxylation sites is 2. The second kappa shape index (κ2) is 6.68. The van der Waals surface area contributed by atoms with E-state index < -0.39 is 0 Å². The van der Waals surface area contributed by atoms with Crippen molar-refractivity contribution in [2.24, 2.45) is 10.6 Å². The quantitative estimate of drug-likeness (QED) is 0.416. The molecule has 2 aromatic carbocycles. The first-order chi connectivity index (χ1) is 14.7. The Hall–Kier alpha value is -3.16. The predicted octanol–water partition coefficient (Wildman–Crippen LogP) is 2.10. The molecule has 2 fully saturated rings. The van der Waals surface area contributed by atoms with E-state index in [9.17, 15) is 4.79 Å². The Bertz CT molecular complexity index is 1090. The maximum Gasteiger partial charge on any atom is 0.258 e. The van der Waals surface area contributed by atoms with E-state index in [-0.39, 0.29) is 5.91 Å². The van der Waals surface area contributed by atoms with Gasteiger partial charge in [0.25, 0.3) is 5.91 Å². The minimum Gasteiger partial charge on any atom is -0.394 e. The molecule has 4 aliphatic rings. The van der Waals surface area contributed by atoms with E-state index in [4.69, 9.17) is 4.84 Å². The molecular weight excluding hydrogens is 378 g/mol. The Balaban J connectivity index is 1.26. The van der Waals surface area contributed by atoms with Gasteiger partial charge in [0.15, 0.2) is 0 Å². The van der Waals surface area contributed by atoms with Crippen LogP contribution in [0.3, 0.4) is 0 Å². The number of amides is 1. The van der Waals surface area contributed by atoms with Gasteiger partial charge in [-0.25, -0.2) is 0 Å². The lowest BCUT2D eigenvalue weighted by Gasteiger charge is -2.56. The molecule has 7 heteroatoms. The van der Waals surface area contributed by atoms with Crippen LogP contribution in [0.2, 0.25) is 0 Å². The zero-order valence-corrected chi connectivity index (χ0v) is 16.6. The van der Waals surface area contributed by atoms with Gasteiger partial charge in [0.1, 0.15) is 12.3 Å². The fourth-order valence-electron chi connectivity index (χ4n) is 4.81. The number of rotatable bonds is 4. The van der Waals surface area contributed by atoms with Crippen molar-refractivity contribution in [3.63, 3.8) is 0 Å². The molecule has 2 saturated heterocycles. The molecule has 0 atom stereocenters. The van der Waals surface area contributed by atoms with Crippen LogP contribution < -0.4 is 16.0 Å². The molecule has 30 heavy (non-hydrogen) atoms. The monoisotopic (exact) mass is 401 g/mol. The maximum atomic E-state index is 12.8. The summed E-state index contributed by atoms with van der Waals surface area (Å²) in [6.45, 7) is 5.93. The second-order valence-corrected chi connectivity index (χ2v) is 8.51. The average Bonchev–Trinajstić information content (AvgIpc) is 3.21. The Labute approximate surface area is 174 Å². The molecule has 7 nitrogen and oxygen atoms in total. The van der Waals surface area contributed by atoms with Gasteiger partial charge in [-0.05, 0) is 12.1 Å². The second-order valence-electron chi connectivity index (χ2n) is 8.51. The minimum absolute atomic E-state index is 0.126. The van der Waals surface area contributed by atoms with E-state index in [0.29, 0.717) is 29.0 Å². The highest BCUT2D eigenvalue weighted by atomic mass is 16.6. The van der Waals surface area contributed by atoms with Crippen molar-refractivity contribution in [1.82, 2.24) is 10.2 Å². The van der Waals surface area contributed by atoms with Crippen LogP contribution in [-0.2, 0) is 9.63 Å². The fourth-order valence-corrected chi connectivity index (χ4v) is 4.81. The van der Waals surface area contributed by atoms with Gasteiger partial charge in [0.2, 0.25) is 0 Å². The van der Waals surface area contributed by atoms with Crippen molar-refractivity contribution in [3.05, 3.63) is 65.4 Å².